The fraction of sp³-hybridized carbons (Fsp3) is 0.105. The summed E-state index contributed by atoms with van der Waals surface area (Å²) in [5.41, 5.74) is 0.160. The number of ketones is 2. The molecule has 0 saturated carbocycles. The average Bonchev–Trinajstić information content (AvgIpc) is 2.54. The molecular formula is C19H17O3. The minimum absolute atomic E-state index is 0.0671. The van der Waals surface area contributed by atoms with Crippen LogP contribution in [0.3, 0.4) is 0 Å². The van der Waals surface area contributed by atoms with Crippen molar-refractivity contribution in [1.29, 1.82) is 0 Å². The molecule has 0 aliphatic carbocycles. The second-order valence-electron chi connectivity index (χ2n) is 5.17. The number of aliphatic hydroxyl groups is 1. The zero-order chi connectivity index (χ0) is 16.2. The van der Waals surface area contributed by atoms with Crippen LogP contribution < -0.4 is 0 Å². The van der Waals surface area contributed by atoms with Crippen molar-refractivity contribution >= 4 is 11.6 Å². The molecule has 1 radical (unpaired) electrons. The fourth-order valence-corrected chi connectivity index (χ4v) is 2.14. The van der Waals surface area contributed by atoms with Crippen molar-refractivity contribution in [2.75, 3.05) is 0 Å². The van der Waals surface area contributed by atoms with Crippen LogP contribution in [0.1, 0.15) is 21.5 Å². The molecule has 111 valence electrons. The highest BCUT2D eigenvalue weighted by molar-refractivity contribution is 6.08. The maximum atomic E-state index is 12.3. The van der Waals surface area contributed by atoms with Gasteiger partial charge in [0.2, 0.25) is 0 Å². The first-order valence-corrected chi connectivity index (χ1v) is 6.87. The lowest BCUT2D eigenvalue weighted by molar-refractivity contribution is -0.128. The number of carbonyl (C=O) groups is 2. The van der Waals surface area contributed by atoms with Gasteiger partial charge in [-0.05, 0) is 18.6 Å². The standard InChI is InChI=1S/C19H17O3/c1-3-17(20)19(2,22)13-14-9-11-16(12-10-14)18(21)15-7-5-4-6-8-15/h3-12,22H,1-2,13H2. The SMILES string of the molecule is [CH2]C(O)(Cc1ccc(C(=O)c2ccccc2)cc1)C(=O)C=C. The molecule has 0 spiro atoms. The Bertz CT molecular complexity index is 682. The van der Waals surface area contributed by atoms with Gasteiger partial charge in [0.15, 0.2) is 11.6 Å². The van der Waals surface area contributed by atoms with Crippen LogP contribution in [-0.4, -0.2) is 22.3 Å². The predicted molar refractivity (Wildman–Crippen MR) is 85.5 cm³/mol. The lowest BCUT2D eigenvalue weighted by atomic mass is 9.91. The first-order chi connectivity index (χ1) is 10.4. The number of hydrogen-bond acceptors (Lipinski definition) is 3. The second-order valence-corrected chi connectivity index (χ2v) is 5.17. The summed E-state index contributed by atoms with van der Waals surface area (Å²) < 4.78 is 0. The van der Waals surface area contributed by atoms with Crippen molar-refractivity contribution in [3.63, 3.8) is 0 Å². The van der Waals surface area contributed by atoms with Gasteiger partial charge in [-0.1, -0.05) is 61.2 Å². The number of rotatable bonds is 6. The smallest absolute Gasteiger partial charge is 0.193 e. The molecule has 3 nitrogen and oxygen atoms in total. The maximum absolute atomic E-state index is 12.3. The molecule has 1 N–H and O–H groups in total. The summed E-state index contributed by atoms with van der Waals surface area (Å²) in [6.45, 7) is 6.85. The number of carbonyl (C=O) groups excluding carboxylic acids is 2. The fourth-order valence-electron chi connectivity index (χ4n) is 2.14. The Kier molecular flexibility index (Phi) is 4.68. The van der Waals surface area contributed by atoms with Crippen LogP contribution in [0.25, 0.3) is 0 Å². The number of hydrogen-bond donors (Lipinski definition) is 1. The Labute approximate surface area is 129 Å². The topological polar surface area (TPSA) is 54.4 Å². The van der Waals surface area contributed by atoms with Crippen LogP contribution in [0.4, 0.5) is 0 Å². The van der Waals surface area contributed by atoms with Gasteiger partial charge in [0.05, 0.1) is 0 Å². The molecule has 0 amide bonds. The van der Waals surface area contributed by atoms with Gasteiger partial charge in [-0.2, -0.15) is 0 Å². The third-order valence-corrected chi connectivity index (χ3v) is 3.39. The van der Waals surface area contributed by atoms with Gasteiger partial charge >= 0.3 is 0 Å². The molecule has 2 aromatic carbocycles. The molecule has 0 fully saturated rings. The van der Waals surface area contributed by atoms with E-state index < -0.39 is 11.4 Å². The Balaban J connectivity index is 2.16. The molecule has 0 bridgehead atoms. The molecule has 0 heterocycles. The number of benzene rings is 2. The first kappa shape index (κ1) is 15.9. The zero-order valence-corrected chi connectivity index (χ0v) is 12.2. The van der Waals surface area contributed by atoms with Crippen LogP contribution in [0.15, 0.2) is 67.3 Å². The van der Waals surface area contributed by atoms with E-state index in [1.807, 2.05) is 18.2 Å². The molecule has 0 aliphatic heterocycles. The highest BCUT2D eigenvalue weighted by Gasteiger charge is 2.28. The van der Waals surface area contributed by atoms with Crippen molar-refractivity contribution in [3.05, 3.63) is 90.9 Å². The molecule has 3 heteroatoms. The van der Waals surface area contributed by atoms with Crippen LogP contribution in [-0.2, 0) is 11.2 Å². The Hall–Kier alpha value is -2.52. The molecule has 0 aliphatic rings. The molecule has 2 aromatic rings. The van der Waals surface area contributed by atoms with Gasteiger partial charge in [-0.25, -0.2) is 0 Å². The zero-order valence-electron chi connectivity index (χ0n) is 12.2. The highest BCUT2D eigenvalue weighted by atomic mass is 16.3. The van der Waals surface area contributed by atoms with Crippen molar-refractivity contribution in [3.8, 4) is 0 Å². The summed E-state index contributed by atoms with van der Waals surface area (Å²) in [4.78, 5) is 23.8. The Morgan fingerprint density at radius 3 is 2.09 bits per heavy atom. The average molecular weight is 293 g/mol. The summed E-state index contributed by atoms with van der Waals surface area (Å²) in [5.74, 6) is -0.601. The maximum Gasteiger partial charge on any atom is 0.193 e. The normalized spacial score (nSPS) is 13.2. The molecule has 22 heavy (non-hydrogen) atoms. The summed E-state index contributed by atoms with van der Waals surface area (Å²) in [7, 11) is 0. The van der Waals surface area contributed by atoms with Crippen LogP contribution in [0.5, 0.6) is 0 Å². The predicted octanol–water partition coefficient (Wildman–Crippen LogP) is 2.78. The van der Waals surface area contributed by atoms with E-state index in [4.69, 9.17) is 0 Å². The van der Waals surface area contributed by atoms with E-state index in [1.54, 1.807) is 36.4 Å². The second kappa shape index (κ2) is 6.50. The minimum Gasteiger partial charge on any atom is -0.381 e. The van der Waals surface area contributed by atoms with E-state index in [0.717, 1.165) is 11.6 Å². The van der Waals surface area contributed by atoms with Gasteiger partial charge in [-0.3, -0.25) is 9.59 Å². The van der Waals surface area contributed by atoms with Gasteiger partial charge < -0.3 is 5.11 Å². The van der Waals surface area contributed by atoms with Crippen LogP contribution >= 0.6 is 0 Å². The van der Waals surface area contributed by atoms with E-state index in [-0.39, 0.29) is 12.2 Å². The van der Waals surface area contributed by atoms with E-state index in [9.17, 15) is 14.7 Å². The van der Waals surface area contributed by atoms with Gasteiger partial charge in [-0.15, -0.1) is 0 Å². The van der Waals surface area contributed by atoms with Crippen LogP contribution in [0, 0.1) is 6.92 Å². The van der Waals surface area contributed by atoms with Crippen molar-refractivity contribution in [1.82, 2.24) is 0 Å². The molecule has 0 aromatic heterocycles. The largest absolute Gasteiger partial charge is 0.381 e. The van der Waals surface area contributed by atoms with Gasteiger partial charge in [0, 0.05) is 17.5 Å². The van der Waals surface area contributed by atoms with Gasteiger partial charge in [0.25, 0.3) is 0 Å². The van der Waals surface area contributed by atoms with E-state index in [0.29, 0.717) is 11.1 Å². The van der Waals surface area contributed by atoms with E-state index in [1.165, 1.54) is 0 Å². The molecular weight excluding hydrogens is 276 g/mol. The van der Waals surface area contributed by atoms with Crippen molar-refractivity contribution < 1.29 is 14.7 Å². The quantitative estimate of drug-likeness (QED) is 0.658. The third kappa shape index (κ3) is 3.57. The lowest BCUT2D eigenvalue weighted by Gasteiger charge is -2.19. The molecule has 2 rings (SSSR count). The minimum atomic E-state index is -1.73. The Morgan fingerprint density at radius 2 is 1.55 bits per heavy atom. The van der Waals surface area contributed by atoms with E-state index >= 15 is 0 Å². The summed E-state index contributed by atoms with van der Waals surface area (Å²) >= 11 is 0. The third-order valence-electron chi connectivity index (χ3n) is 3.39. The van der Waals surface area contributed by atoms with Crippen molar-refractivity contribution in [2.45, 2.75) is 12.0 Å². The summed E-state index contributed by atoms with van der Waals surface area (Å²) in [6, 6.07) is 15.8. The Morgan fingerprint density at radius 1 is 1.00 bits per heavy atom. The first-order valence-electron chi connectivity index (χ1n) is 6.87. The lowest BCUT2D eigenvalue weighted by Crippen LogP contribution is -2.36. The summed E-state index contributed by atoms with van der Waals surface area (Å²) in [5, 5.41) is 9.99. The van der Waals surface area contributed by atoms with Gasteiger partial charge in [0.1, 0.15) is 5.60 Å². The van der Waals surface area contributed by atoms with E-state index in [2.05, 4.69) is 13.5 Å². The highest BCUT2D eigenvalue weighted by Crippen LogP contribution is 2.17. The monoisotopic (exact) mass is 293 g/mol. The molecule has 1 unspecified atom stereocenters. The van der Waals surface area contributed by atoms with Crippen molar-refractivity contribution in [2.24, 2.45) is 0 Å². The molecule has 0 saturated heterocycles. The summed E-state index contributed by atoms with van der Waals surface area (Å²) in [6.07, 6.45) is 1.12. The molecule has 1 atom stereocenters. The van der Waals surface area contributed by atoms with Crippen LogP contribution in [0.2, 0.25) is 0 Å².